The molecular weight excluding hydrogens is 226 g/mol. The van der Waals surface area contributed by atoms with E-state index in [0.29, 0.717) is 6.04 Å². The van der Waals surface area contributed by atoms with Gasteiger partial charge in [-0.15, -0.1) is 0 Å². The van der Waals surface area contributed by atoms with Gasteiger partial charge in [0.15, 0.2) is 12.0 Å². The van der Waals surface area contributed by atoms with Crippen molar-refractivity contribution in [2.45, 2.75) is 26.3 Å². The standard InChI is InChI=1S/C14H21N3O/c1-11(2)16-8-7-15-6-5-12-3-4-13-14(9-12)18-10-17-13/h3-4,9-11,15-16H,5-8H2,1-2H3. The quantitative estimate of drug-likeness (QED) is 0.734. The van der Waals surface area contributed by atoms with E-state index in [1.54, 1.807) is 0 Å². The van der Waals surface area contributed by atoms with Crippen LogP contribution >= 0.6 is 0 Å². The van der Waals surface area contributed by atoms with Crippen LogP contribution in [-0.2, 0) is 6.42 Å². The average molecular weight is 247 g/mol. The van der Waals surface area contributed by atoms with Crippen molar-refractivity contribution in [2.24, 2.45) is 0 Å². The maximum atomic E-state index is 5.29. The molecule has 98 valence electrons. The van der Waals surface area contributed by atoms with Crippen molar-refractivity contribution in [1.29, 1.82) is 0 Å². The highest BCUT2D eigenvalue weighted by Gasteiger charge is 2.00. The Morgan fingerprint density at radius 2 is 2.11 bits per heavy atom. The molecule has 1 aromatic heterocycles. The maximum Gasteiger partial charge on any atom is 0.181 e. The lowest BCUT2D eigenvalue weighted by Gasteiger charge is -2.08. The zero-order chi connectivity index (χ0) is 12.8. The Labute approximate surface area is 108 Å². The van der Waals surface area contributed by atoms with Crippen LogP contribution in [0.5, 0.6) is 0 Å². The van der Waals surface area contributed by atoms with E-state index < -0.39 is 0 Å². The zero-order valence-corrected chi connectivity index (χ0v) is 11.1. The molecule has 0 bridgehead atoms. The van der Waals surface area contributed by atoms with Gasteiger partial charge < -0.3 is 15.1 Å². The molecule has 0 fully saturated rings. The lowest BCUT2D eigenvalue weighted by atomic mass is 10.1. The molecule has 0 saturated heterocycles. The van der Waals surface area contributed by atoms with Crippen molar-refractivity contribution in [3.05, 3.63) is 30.2 Å². The van der Waals surface area contributed by atoms with Crippen LogP contribution in [0.4, 0.5) is 0 Å². The van der Waals surface area contributed by atoms with Gasteiger partial charge in [0, 0.05) is 19.1 Å². The Balaban J connectivity index is 1.70. The first kappa shape index (κ1) is 13.1. The number of nitrogens with zero attached hydrogens (tertiary/aromatic N) is 1. The molecule has 0 saturated carbocycles. The van der Waals surface area contributed by atoms with Crippen molar-refractivity contribution in [3.8, 4) is 0 Å². The monoisotopic (exact) mass is 247 g/mol. The average Bonchev–Trinajstić information content (AvgIpc) is 2.80. The van der Waals surface area contributed by atoms with E-state index in [1.807, 2.05) is 6.07 Å². The van der Waals surface area contributed by atoms with E-state index in [0.717, 1.165) is 37.2 Å². The zero-order valence-electron chi connectivity index (χ0n) is 11.1. The summed E-state index contributed by atoms with van der Waals surface area (Å²) in [5.41, 5.74) is 3.07. The van der Waals surface area contributed by atoms with Gasteiger partial charge in [-0.2, -0.15) is 0 Å². The SMILES string of the molecule is CC(C)NCCNCCc1ccc2ncoc2c1. The maximum absolute atomic E-state index is 5.29. The summed E-state index contributed by atoms with van der Waals surface area (Å²) >= 11 is 0. The predicted molar refractivity (Wildman–Crippen MR) is 73.7 cm³/mol. The van der Waals surface area contributed by atoms with Crippen molar-refractivity contribution in [2.75, 3.05) is 19.6 Å². The number of aromatic nitrogens is 1. The molecule has 2 N–H and O–H groups in total. The van der Waals surface area contributed by atoms with E-state index in [9.17, 15) is 0 Å². The second-order valence-electron chi connectivity index (χ2n) is 4.76. The number of benzene rings is 1. The van der Waals surface area contributed by atoms with Gasteiger partial charge in [-0.25, -0.2) is 4.98 Å². The molecule has 0 aliphatic rings. The summed E-state index contributed by atoms with van der Waals surface area (Å²) < 4.78 is 5.29. The predicted octanol–water partition coefficient (Wildman–Crippen LogP) is 1.96. The highest BCUT2D eigenvalue weighted by atomic mass is 16.3. The second kappa shape index (κ2) is 6.52. The molecular formula is C14H21N3O. The summed E-state index contributed by atoms with van der Waals surface area (Å²) in [6, 6.07) is 6.74. The Bertz CT molecular complexity index is 479. The lowest BCUT2D eigenvalue weighted by molar-refractivity contribution is 0.556. The molecule has 2 aromatic rings. The third-order valence-electron chi connectivity index (χ3n) is 2.84. The molecule has 0 atom stereocenters. The minimum absolute atomic E-state index is 0.556. The molecule has 0 amide bonds. The van der Waals surface area contributed by atoms with Crippen LogP contribution in [0.15, 0.2) is 29.0 Å². The normalized spacial score (nSPS) is 11.5. The smallest absolute Gasteiger partial charge is 0.181 e. The van der Waals surface area contributed by atoms with Crippen LogP contribution in [0.25, 0.3) is 11.1 Å². The summed E-state index contributed by atoms with van der Waals surface area (Å²) in [6.07, 6.45) is 2.50. The van der Waals surface area contributed by atoms with Crippen LogP contribution in [0.2, 0.25) is 0 Å². The largest absolute Gasteiger partial charge is 0.443 e. The first-order valence-corrected chi connectivity index (χ1v) is 6.52. The first-order valence-electron chi connectivity index (χ1n) is 6.52. The van der Waals surface area contributed by atoms with Crippen LogP contribution in [-0.4, -0.2) is 30.7 Å². The molecule has 2 rings (SSSR count). The lowest BCUT2D eigenvalue weighted by Crippen LogP contribution is -2.32. The molecule has 4 nitrogen and oxygen atoms in total. The van der Waals surface area contributed by atoms with E-state index in [1.165, 1.54) is 12.0 Å². The minimum atomic E-state index is 0.556. The summed E-state index contributed by atoms with van der Waals surface area (Å²) in [5.74, 6) is 0. The van der Waals surface area contributed by atoms with Crippen LogP contribution < -0.4 is 10.6 Å². The van der Waals surface area contributed by atoms with Crippen LogP contribution in [0.1, 0.15) is 19.4 Å². The molecule has 4 heteroatoms. The molecule has 0 spiro atoms. The fourth-order valence-electron chi connectivity index (χ4n) is 1.86. The first-order chi connectivity index (χ1) is 8.75. The Morgan fingerprint density at radius 1 is 1.22 bits per heavy atom. The molecule has 18 heavy (non-hydrogen) atoms. The molecule has 1 heterocycles. The Kier molecular flexibility index (Phi) is 4.73. The highest BCUT2D eigenvalue weighted by molar-refractivity contribution is 5.72. The van der Waals surface area contributed by atoms with Gasteiger partial charge >= 0.3 is 0 Å². The minimum Gasteiger partial charge on any atom is -0.443 e. The Hall–Kier alpha value is -1.39. The fourth-order valence-corrected chi connectivity index (χ4v) is 1.86. The molecule has 0 radical (unpaired) electrons. The number of oxazole rings is 1. The van der Waals surface area contributed by atoms with Crippen LogP contribution in [0, 0.1) is 0 Å². The summed E-state index contributed by atoms with van der Waals surface area (Å²) in [4.78, 5) is 4.11. The van der Waals surface area contributed by atoms with Gasteiger partial charge in [0.25, 0.3) is 0 Å². The number of fused-ring (bicyclic) bond motifs is 1. The van der Waals surface area contributed by atoms with Crippen LogP contribution in [0.3, 0.4) is 0 Å². The number of rotatable bonds is 7. The van der Waals surface area contributed by atoms with Crippen molar-refractivity contribution < 1.29 is 4.42 Å². The summed E-state index contributed by atoms with van der Waals surface area (Å²) in [7, 11) is 0. The van der Waals surface area contributed by atoms with Crippen molar-refractivity contribution in [3.63, 3.8) is 0 Å². The summed E-state index contributed by atoms with van der Waals surface area (Å²) in [6.45, 7) is 7.32. The van der Waals surface area contributed by atoms with E-state index in [4.69, 9.17) is 4.42 Å². The van der Waals surface area contributed by atoms with E-state index in [2.05, 4.69) is 41.6 Å². The van der Waals surface area contributed by atoms with E-state index in [-0.39, 0.29) is 0 Å². The molecule has 0 aliphatic heterocycles. The van der Waals surface area contributed by atoms with Gasteiger partial charge in [-0.3, -0.25) is 0 Å². The third kappa shape index (κ3) is 3.82. The fraction of sp³-hybridized carbons (Fsp3) is 0.500. The van der Waals surface area contributed by atoms with Crippen molar-refractivity contribution >= 4 is 11.1 Å². The number of hydrogen-bond donors (Lipinski definition) is 2. The van der Waals surface area contributed by atoms with Crippen molar-refractivity contribution in [1.82, 2.24) is 15.6 Å². The second-order valence-corrected chi connectivity index (χ2v) is 4.76. The van der Waals surface area contributed by atoms with Gasteiger partial charge in [-0.1, -0.05) is 19.9 Å². The van der Waals surface area contributed by atoms with E-state index >= 15 is 0 Å². The Morgan fingerprint density at radius 3 is 2.94 bits per heavy atom. The molecule has 1 aromatic carbocycles. The van der Waals surface area contributed by atoms with Gasteiger partial charge in [0.2, 0.25) is 0 Å². The number of nitrogens with one attached hydrogen (secondary N) is 2. The topological polar surface area (TPSA) is 50.1 Å². The summed E-state index contributed by atoms with van der Waals surface area (Å²) in [5, 5.41) is 6.80. The number of hydrogen-bond acceptors (Lipinski definition) is 4. The third-order valence-corrected chi connectivity index (χ3v) is 2.84. The van der Waals surface area contributed by atoms with Gasteiger partial charge in [0.05, 0.1) is 0 Å². The molecule has 0 aliphatic carbocycles. The van der Waals surface area contributed by atoms with Gasteiger partial charge in [0.1, 0.15) is 5.52 Å². The van der Waals surface area contributed by atoms with Gasteiger partial charge in [-0.05, 0) is 30.7 Å². The molecule has 0 unspecified atom stereocenters. The highest BCUT2D eigenvalue weighted by Crippen LogP contribution is 2.14.